The smallest absolute Gasteiger partial charge is 0.359 e. The Morgan fingerprint density at radius 3 is 2.90 bits per heavy atom. The Kier molecular flexibility index (Phi) is 5.17. The number of nitrogens with zero attached hydrogens (tertiary/aromatic N) is 3. The number of imidazole rings is 1. The van der Waals surface area contributed by atoms with Crippen LogP contribution in [0.2, 0.25) is 0 Å². The zero-order chi connectivity index (χ0) is 20.4. The fraction of sp³-hybridized carbons (Fsp3) is 0.368. The fourth-order valence-electron chi connectivity index (χ4n) is 3.39. The average molecular weight is 398 g/mol. The third kappa shape index (κ3) is 3.54. The number of aromatic amines is 1. The lowest BCUT2D eigenvalue weighted by molar-refractivity contribution is 0.0522. The molecular formula is C19H22N6O4. The number of carbonyl (C=O) groups excluding carboxylic acids is 1. The summed E-state index contributed by atoms with van der Waals surface area (Å²) in [7, 11) is 1.53. The number of H-pyrrole nitrogens is 1. The zero-order valence-electron chi connectivity index (χ0n) is 16.2. The number of esters is 1. The summed E-state index contributed by atoms with van der Waals surface area (Å²) in [4.78, 5) is 36.9. The van der Waals surface area contributed by atoms with Crippen LogP contribution in [0.5, 0.6) is 5.75 Å². The molecule has 4 rings (SSSR count). The minimum atomic E-state index is -0.624. The lowest BCUT2D eigenvalue weighted by Gasteiger charge is -2.13. The summed E-state index contributed by atoms with van der Waals surface area (Å²) in [5.74, 6) is 0.138. The van der Waals surface area contributed by atoms with Crippen LogP contribution in [0.4, 0.5) is 5.95 Å². The number of hydrogen-bond donors (Lipinski definition) is 3. The molecule has 1 aliphatic rings. The highest BCUT2D eigenvalue weighted by Crippen LogP contribution is 2.25. The number of fused-ring (bicyclic) bond motifs is 1. The van der Waals surface area contributed by atoms with Crippen LogP contribution in [0.25, 0.3) is 16.9 Å². The number of hydrogen-bond acceptors (Lipinski definition) is 8. The van der Waals surface area contributed by atoms with E-state index >= 15 is 0 Å². The van der Waals surface area contributed by atoms with Gasteiger partial charge < -0.3 is 25.1 Å². The second kappa shape index (κ2) is 7.92. The molecular weight excluding hydrogens is 376 g/mol. The van der Waals surface area contributed by atoms with Crippen LogP contribution >= 0.6 is 0 Å². The van der Waals surface area contributed by atoms with Crippen LogP contribution in [-0.4, -0.2) is 58.3 Å². The van der Waals surface area contributed by atoms with Crippen molar-refractivity contribution >= 4 is 23.1 Å². The molecule has 2 aromatic heterocycles. The molecule has 1 saturated heterocycles. The average Bonchev–Trinajstić information content (AvgIpc) is 3.34. The van der Waals surface area contributed by atoms with Crippen molar-refractivity contribution in [2.75, 3.05) is 32.1 Å². The topological polar surface area (TPSA) is 123 Å². The quantitative estimate of drug-likeness (QED) is 0.527. The van der Waals surface area contributed by atoms with Gasteiger partial charge in [0, 0.05) is 12.6 Å². The van der Waals surface area contributed by atoms with Crippen LogP contribution in [-0.2, 0) is 4.74 Å². The van der Waals surface area contributed by atoms with Gasteiger partial charge in [-0.3, -0.25) is 0 Å². The van der Waals surface area contributed by atoms with E-state index in [1.54, 1.807) is 31.2 Å². The Labute approximate surface area is 166 Å². The first kappa shape index (κ1) is 18.9. The standard InChI is InChI=1S/C19H22N6O4/c1-3-29-17(26)15-14-16(24-18(22-15)21-11-8-9-20-10-11)25(19(27)23-14)12-6-4-5-7-13(12)28-2/h4-7,11,20H,3,8-10H2,1-2H3,(H,23,27)(H,21,22,24)/t11-/m1/s1. The van der Waals surface area contributed by atoms with Crippen LogP contribution < -0.4 is 21.1 Å². The fourth-order valence-corrected chi connectivity index (χ4v) is 3.39. The summed E-state index contributed by atoms with van der Waals surface area (Å²) in [5.41, 5.74) is 0.550. The van der Waals surface area contributed by atoms with Crippen molar-refractivity contribution in [3.8, 4) is 11.4 Å². The number of aromatic nitrogens is 4. The minimum absolute atomic E-state index is 0.0102. The minimum Gasteiger partial charge on any atom is -0.495 e. The molecule has 3 heterocycles. The molecule has 3 aromatic rings. The monoisotopic (exact) mass is 398 g/mol. The van der Waals surface area contributed by atoms with Gasteiger partial charge in [0.1, 0.15) is 11.3 Å². The summed E-state index contributed by atoms with van der Waals surface area (Å²) in [5, 5.41) is 6.49. The molecule has 10 nitrogen and oxygen atoms in total. The maximum absolute atomic E-state index is 12.8. The maximum atomic E-state index is 12.8. The molecule has 1 atom stereocenters. The highest BCUT2D eigenvalue weighted by atomic mass is 16.5. The number of ether oxygens (including phenoxy) is 2. The molecule has 0 saturated carbocycles. The number of benzene rings is 1. The first-order valence-corrected chi connectivity index (χ1v) is 9.43. The van der Waals surface area contributed by atoms with Gasteiger partial charge in [-0.1, -0.05) is 12.1 Å². The third-order valence-corrected chi connectivity index (χ3v) is 4.73. The number of carbonyl (C=O) groups is 1. The van der Waals surface area contributed by atoms with Gasteiger partial charge in [0.25, 0.3) is 0 Å². The van der Waals surface area contributed by atoms with Crippen molar-refractivity contribution in [1.29, 1.82) is 0 Å². The summed E-state index contributed by atoms with van der Waals surface area (Å²) in [6, 6.07) is 7.22. The number of nitrogens with one attached hydrogen (secondary N) is 3. The summed E-state index contributed by atoms with van der Waals surface area (Å²) < 4.78 is 11.9. The molecule has 3 N–H and O–H groups in total. The highest BCUT2D eigenvalue weighted by molar-refractivity contribution is 5.99. The van der Waals surface area contributed by atoms with Crippen LogP contribution in [0.15, 0.2) is 29.1 Å². The number of rotatable bonds is 6. The van der Waals surface area contributed by atoms with E-state index in [4.69, 9.17) is 9.47 Å². The van der Waals surface area contributed by atoms with Gasteiger partial charge in [0.05, 0.1) is 19.4 Å². The van der Waals surface area contributed by atoms with E-state index in [1.165, 1.54) is 11.7 Å². The molecule has 29 heavy (non-hydrogen) atoms. The lowest BCUT2D eigenvalue weighted by Crippen LogP contribution is -2.24. The SMILES string of the molecule is CCOC(=O)c1nc(N[C@@H]2CCNC2)nc2c1[nH]c(=O)n2-c1ccccc1OC. The first-order valence-electron chi connectivity index (χ1n) is 9.43. The second-order valence-electron chi connectivity index (χ2n) is 6.59. The van der Waals surface area contributed by atoms with E-state index < -0.39 is 11.7 Å². The van der Waals surface area contributed by atoms with Crippen molar-refractivity contribution in [1.82, 2.24) is 24.8 Å². The van der Waals surface area contributed by atoms with Crippen LogP contribution in [0.3, 0.4) is 0 Å². The molecule has 0 aliphatic carbocycles. The van der Waals surface area contributed by atoms with E-state index in [0.29, 0.717) is 11.4 Å². The van der Waals surface area contributed by atoms with Gasteiger partial charge in [-0.15, -0.1) is 0 Å². The number of methoxy groups -OCH3 is 1. The van der Waals surface area contributed by atoms with Crippen LogP contribution in [0.1, 0.15) is 23.8 Å². The van der Waals surface area contributed by atoms with E-state index in [0.717, 1.165) is 19.5 Å². The molecule has 10 heteroatoms. The first-order chi connectivity index (χ1) is 14.1. The van der Waals surface area contributed by atoms with Crippen molar-refractivity contribution in [2.45, 2.75) is 19.4 Å². The van der Waals surface area contributed by atoms with E-state index in [1.807, 2.05) is 0 Å². The van der Waals surface area contributed by atoms with Crippen molar-refractivity contribution in [3.05, 3.63) is 40.4 Å². The molecule has 0 radical (unpaired) electrons. The predicted octanol–water partition coefficient (Wildman–Crippen LogP) is 1.07. The molecule has 1 fully saturated rings. The summed E-state index contributed by atoms with van der Waals surface area (Å²) in [6.45, 7) is 3.56. The van der Waals surface area contributed by atoms with Gasteiger partial charge in [-0.25, -0.2) is 19.1 Å². The van der Waals surface area contributed by atoms with Crippen molar-refractivity contribution in [2.24, 2.45) is 0 Å². The van der Waals surface area contributed by atoms with Crippen molar-refractivity contribution < 1.29 is 14.3 Å². The van der Waals surface area contributed by atoms with Gasteiger partial charge in [0.2, 0.25) is 5.95 Å². The van der Waals surface area contributed by atoms with Gasteiger partial charge in [-0.2, -0.15) is 4.98 Å². The largest absolute Gasteiger partial charge is 0.495 e. The molecule has 152 valence electrons. The Balaban J connectivity index is 1.92. The van der Waals surface area contributed by atoms with E-state index in [9.17, 15) is 9.59 Å². The summed E-state index contributed by atoms with van der Waals surface area (Å²) >= 11 is 0. The van der Waals surface area contributed by atoms with E-state index in [2.05, 4.69) is 25.6 Å². The molecule has 0 unspecified atom stereocenters. The van der Waals surface area contributed by atoms with Crippen molar-refractivity contribution in [3.63, 3.8) is 0 Å². The lowest BCUT2D eigenvalue weighted by atomic mass is 10.2. The molecule has 0 amide bonds. The van der Waals surface area contributed by atoms with Gasteiger partial charge >= 0.3 is 11.7 Å². The maximum Gasteiger partial charge on any atom is 0.359 e. The Bertz CT molecular complexity index is 1100. The number of para-hydroxylation sites is 2. The van der Waals surface area contributed by atoms with Gasteiger partial charge in [-0.05, 0) is 32.0 Å². The summed E-state index contributed by atoms with van der Waals surface area (Å²) in [6.07, 6.45) is 0.905. The Hall–Kier alpha value is -3.40. The normalized spacial score (nSPS) is 16.1. The Morgan fingerprint density at radius 1 is 1.34 bits per heavy atom. The molecule has 0 bridgehead atoms. The molecule has 1 aromatic carbocycles. The number of anilines is 1. The highest BCUT2D eigenvalue weighted by Gasteiger charge is 2.24. The second-order valence-corrected chi connectivity index (χ2v) is 6.59. The predicted molar refractivity (Wildman–Crippen MR) is 107 cm³/mol. The third-order valence-electron chi connectivity index (χ3n) is 4.73. The van der Waals surface area contributed by atoms with E-state index in [-0.39, 0.29) is 35.5 Å². The van der Waals surface area contributed by atoms with Gasteiger partial charge in [0.15, 0.2) is 11.3 Å². The molecule has 0 spiro atoms. The van der Waals surface area contributed by atoms with Crippen LogP contribution in [0, 0.1) is 0 Å². The zero-order valence-corrected chi connectivity index (χ0v) is 16.2. The Morgan fingerprint density at radius 2 is 2.17 bits per heavy atom. The molecule has 1 aliphatic heterocycles.